The third-order valence-corrected chi connectivity index (χ3v) is 4.75. The van der Waals surface area contributed by atoms with Crippen LogP contribution in [0.2, 0.25) is 0 Å². The number of carboxylic acids is 1. The molecule has 4 nitrogen and oxygen atoms in total. The maximum Gasteiger partial charge on any atom is 0.337 e. The van der Waals surface area contributed by atoms with Crippen LogP contribution in [-0.2, 0) is 6.61 Å². The van der Waals surface area contributed by atoms with E-state index in [9.17, 15) is 15.2 Å². The molecule has 1 unspecified atom stereocenters. The van der Waals surface area contributed by atoms with Gasteiger partial charge in [0.2, 0.25) is 0 Å². The van der Waals surface area contributed by atoms with E-state index < -0.39 is 5.97 Å². The smallest absolute Gasteiger partial charge is 0.337 e. The van der Waals surface area contributed by atoms with Gasteiger partial charge in [-0.25, -0.2) is 4.79 Å². The maximum atomic E-state index is 11.5. The molecule has 0 radical (unpaired) electrons. The predicted molar refractivity (Wildman–Crippen MR) is 107 cm³/mol. The van der Waals surface area contributed by atoms with Crippen molar-refractivity contribution in [2.24, 2.45) is 0 Å². The van der Waals surface area contributed by atoms with Gasteiger partial charge in [-0.2, -0.15) is 5.26 Å². The van der Waals surface area contributed by atoms with Gasteiger partial charge < -0.3 is 9.84 Å². The van der Waals surface area contributed by atoms with Crippen LogP contribution >= 0.6 is 0 Å². The molecule has 0 aliphatic rings. The van der Waals surface area contributed by atoms with E-state index in [4.69, 9.17) is 4.74 Å². The van der Waals surface area contributed by atoms with Gasteiger partial charge in [0.05, 0.1) is 11.1 Å². The van der Waals surface area contributed by atoms with Crippen molar-refractivity contribution >= 4 is 5.97 Å². The molecule has 3 aromatic carbocycles. The molecule has 0 aliphatic carbocycles. The van der Waals surface area contributed by atoms with Crippen molar-refractivity contribution in [3.8, 4) is 11.8 Å². The average molecular weight is 371 g/mol. The lowest BCUT2D eigenvalue weighted by atomic mass is 9.84. The fraction of sp³-hybridized carbons (Fsp3) is 0.167. The van der Waals surface area contributed by atoms with E-state index in [0.717, 1.165) is 16.9 Å². The largest absolute Gasteiger partial charge is 0.489 e. The van der Waals surface area contributed by atoms with E-state index in [1.54, 1.807) is 6.07 Å². The minimum absolute atomic E-state index is 0.0288. The summed E-state index contributed by atoms with van der Waals surface area (Å²) in [6.45, 7) is 2.46. The van der Waals surface area contributed by atoms with Crippen molar-refractivity contribution in [3.63, 3.8) is 0 Å². The Bertz CT molecular complexity index is 1010. The number of para-hydroxylation sites is 1. The molecule has 1 atom stereocenters. The van der Waals surface area contributed by atoms with Crippen molar-refractivity contribution < 1.29 is 14.6 Å². The lowest BCUT2D eigenvalue weighted by molar-refractivity contribution is 0.0696. The van der Waals surface area contributed by atoms with Gasteiger partial charge in [-0.05, 0) is 29.7 Å². The Balaban J connectivity index is 1.99. The Labute approximate surface area is 164 Å². The number of carbonyl (C=O) groups is 1. The van der Waals surface area contributed by atoms with Gasteiger partial charge >= 0.3 is 5.97 Å². The Morgan fingerprint density at radius 1 is 1.00 bits per heavy atom. The standard InChI is InChI=1S/C24H21NO3/c1-2-18(19-12-8-13-21(24(26)27)22(19)15-25)20-11-6-7-14-23(20)28-16-17-9-4-3-5-10-17/h3-14,18H,2,16H2,1H3,(H,26,27). The zero-order chi connectivity index (χ0) is 19.9. The van der Waals surface area contributed by atoms with Crippen molar-refractivity contribution in [3.05, 3.63) is 101 Å². The van der Waals surface area contributed by atoms with E-state index in [1.165, 1.54) is 6.07 Å². The maximum absolute atomic E-state index is 11.5. The predicted octanol–water partition coefficient (Wildman–Crippen LogP) is 5.38. The van der Waals surface area contributed by atoms with Gasteiger partial charge in [-0.3, -0.25) is 0 Å². The molecule has 28 heavy (non-hydrogen) atoms. The second-order valence-electron chi connectivity index (χ2n) is 6.46. The van der Waals surface area contributed by atoms with Crippen LogP contribution in [-0.4, -0.2) is 11.1 Å². The van der Waals surface area contributed by atoms with Crippen LogP contribution in [0.5, 0.6) is 5.75 Å². The summed E-state index contributed by atoms with van der Waals surface area (Å²) in [7, 11) is 0. The number of ether oxygens (including phenoxy) is 1. The summed E-state index contributed by atoms with van der Waals surface area (Å²) in [5.41, 5.74) is 2.96. The van der Waals surface area contributed by atoms with Gasteiger partial charge in [0, 0.05) is 11.5 Å². The Morgan fingerprint density at radius 3 is 2.36 bits per heavy atom. The lowest BCUT2D eigenvalue weighted by Crippen LogP contribution is -2.09. The monoisotopic (exact) mass is 371 g/mol. The van der Waals surface area contributed by atoms with Crippen LogP contribution in [0.3, 0.4) is 0 Å². The van der Waals surface area contributed by atoms with E-state index in [0.29, 0.717) is 18.6 Å². The van der Waals surface area contributed by atoms with Crippen molar-refractivity contribution in [2.45, 2.75) is 25.9 Å². The van der Waals surface area contributed by atoms with Crippen LogP contribution in [0, 0.1) is 11.3 Å². The zero-order valence-electron chi connectivity index (χ0n) is 15.6. The lowest BCUT2D eigenvalue weighted by Gasteiger charge is -2.21. The van der Waals surface area contributed by atoms with E-state index >= 15 is 0 Å². The number of nitriles is 1. The van der Waals surface area contributed by atoms with E-state index in [2.05, 4.69) is 6.07 Å². The van der Waals surface area contributed by atoms with Gasteiger partial charge in [0.15, 0.2) is 0 Å². The third-order valence-electron chi connectivity index (χ3n) is 4.75. The molecule has 0 aromatic heterocycles. The molecule has 0 spiro atoms. The van der Waals surface area contributed by atoms with Crippen LogP contribution < -0.4 is 4.74 Å². The zero-order valence-corrected chi connectivity index (χ0v) is 15.6. The number of aromatic carboxylic acids is 1. The molecule has 0 bridgehead atoms. The SMILES string of the molecule is CCC(c1ccccc1OCc1ccccc1)c1cccc(C(=O)O)c1C#N. The van der Waals surface area contributed by atoms with E-state index in [1.807, 2.05) is 67.6 Å². The summed E-state index contributed by atoms with van der Waals surface area (Å²) in [6, 6.07) is 24.7. The molecule has 0 saturated carbocycles. The molecule has 0 saturated heterocycles. The minimum atomic E-state index is -1.10. The summed E-state index contributed by atoms with van der Waals surface area (Å²) < 4.78 is 6.08. The Hall–Kier alpha value is -3.58. The molecule has 0 aliphatic heterocycles. The van der Waals surface area contributed by atoms with Crippen LogP contribution in [0.4, 0.5) is 0 Å². The Morgan fingerprint density at radius 2 is 1.68 bits per heavy atom. The highest BCUT2D eigenvalue weighted by molar-refractivity contribution is 5.91. The van der Waals surface area contributed by atoms with Crippen molar-refractivity contribution in [2.75, 3.05) is 0 Å². The van der Waals surface area contributed by atoms with E-state index in [-0.39, 0.29) is 17.0 Å². The fourth-order valence-corrected chi connectivity index (χ4v) is 3.41. The normalized spacial score (nSPS) is 11.4. The van der Waals surface area contributed by atoms with Crippen LogP contribution in [0.15, 0.2) is 72.8 Å². The molecular formula is C24H21NO3. The fourth-order valence-electron chi connectivity index (χ4n) is 3.41. The second-order valence-corrected chi connectivity index (χ2v) is 6.46. The molecule has 140 valence electrons. The van der Waals surface area contributed by atoms with Gasteiger partial charge in [-0.15, -0.1) is 0 Å². The molecule has 0 fully saturated rings. The highest BCUT2D eigenvalue weighted by atomic mass is 16.5. The third kappa shape index (κ3) is 4.05. The van der Waals surface area contributed by atoms with Crippen LogP contribution in [0.1, 0.15) is 51.9 Å². The van der Waals surface area contributed by atoms with Gasteiger partial charge in [0.25, 0.3) is 0 Å². The molecule has 0 heterocycles. The number of hydrogen-bond donors (Lipinski definition) is 1. The van der Waals surface area contributed by atoms with Crippen molar-refractivity contribution in [1.82, 2.24) is 0 Å². The first kappa shape index (κ1) is 19.2. The first-order valence-electron chi connectivity index (χ1n) is 9.17. The highest BCUT2D eigenvalue weighted by Crippen LogP contribution is 2.36. The molecular weight excluding hydrogens is 350 g/mol. The van der Waals surface area contributed by atoms with Crippen LogP contribution in [0.25, 0.3) is 0 Å². The number of rotatable bonds is 7. The summed E-state index contributed by atoms with van der Waals surface area (Å²) in [4.78, 5) is 11.5. The quantitative estimate of drug-likeness (QED) is 0.605. The number of benzene rings is 3. The van der Waals surface area contributed by atoms with Gasteiger partial charge in [0.1, 0.15) is 18.4 Å². The molecule has 3 aromatic rings. The Kier molecular flexibility index (Phi) is 6.08. The first-order chi connectivity index (χ1) is 13.7. The number of carboxylic acid groups (broad SMARTS) is 1. The summed E-state index contributed by atoms with van der Waals surface area (Å²) >= 11 is 0. The number of hydrogen-bond acceptors (Lipinski definition) is 3. The molecule has 1 N–H and O–H groups in total. The summed E-state index contributed by atoms with van der Waals surface area (Å²) in [6.07, 6.45) is 0.712. The molecule has 4 heteroatoms. The number of nitrogens with zero attached hydrogens (tertiary/aromatic N) is 1. The molecule has 3 rings (SSSR count). The summed E-state index contributed by atoms with van der Waals surface area (Å²) in [5, 5.41) is 19.1. The average Bonchev–Trinajstić information content (AvgIpc) is 2.74. The highest BCUT2D eigenvalue weighted by Gasteiger charge is 2.23. The minimum Gasteiger partial charge on any atom is -0.489 e. The topological polar surface area (TPSA) is 70.3 Å². The van der Waals surface area contributed by atoms with Gasteiger partial charge in [-0.1, -0.05) is 67.6 Å². The molecule has 0 amide bonds. The second kappa shape index (κ2) is 8.88. The first-order valence-corrected chi connectivity index (χ1v) is 9.17. The van der Waals surface area contributed by atoms with Crippen molar-refractivity contribution in [1.29, 1.82) is 5.26 Å². The summed E-state index contributed by atoms with van der Waals surface area (Å²) in [5.74, 6) is -0.495.